The maximum absolute atomic E-state index is 12.7. The fourth-order valence-corrected chi connectivity index (χ4v) is 3.28. The van der Waals surface area contributed by atoms with Gasteiger partial charge in [-0.1, -0.05) is 43.0 Å². The number of hydrazone groups is 1. The molecule has 2 amide bonds. The summed E-state index contributed by atoms with van der Waals surface area (Å²) in [4.78, 5) is 25.4. The molecule has 0 radical (unpaired) electrons. The van der Waals surface area contributed by atoms with Gasteiger partial charge >= 0.3 is 0 Å². The van der Waals surface area contributed by atoms with Crippen molar-refractivity contribution in [1.29, 1.82) is 0 Å². The number of carbonyl (C=O) groups is 2. The molecule has 0 aromatic heterocycles. The number of nitrogens with zero attached hydrogens (tertiary/aromatic N) is 1. The number of nitrogens with one attached hydrogen (secondary N) is 2. The highest BCUT2D eigenvalue weighted by Crippen LogP contribution is 2.28. The first-order chi connectivity index (χ1) is 16.2. The van der Waals surface area contributed by atoms with Gasteiger partial charge in [-0.25, -0.2) is 5.43 Å². The molecule has 2 aromatic rings. The molecule has 0 spiro atoms. The van der Waals surface area contributed by atoms with E-state index in [1.807, 2.05) is 13.8 Å². The molecule has 9 heteroatoms. The number of rotatable bonds is 11. The molecule has 0 aliphatic heterocycles. The number of benzene rings is 2. The van der Waals surface area contributed by atoms with Crippen LogP contribution in [0.2, 0.25) is 10.0 Å². The Morgan fingerprint density at radius 1 is 1.12 bits per heavy atom. The molecule has 2 aromatic carbocycles. The van der Waals surface area contributed by atoms with E-state index >= 15 is 0 Å². The number of hydrogen-bond acceptors (Lipinski definition) is 5. The number of carbonyl (C=O) groups excluding carboxylic acids is 2. The Kier molecular flexibility index (Phi) is 10.7. The third-order valence-electron chi connectivity index (χ3n) is 4.50. The average Bonchev–Trinajstić information content (AvgIpc) is 2.79. The van der Waals surface area contributed by atoms with Gasteiger partial charge in [-0.05, 0) is 67.3 Å². The van der Waals surface area contributed by atoms with E-state index in [9.17, 15) is 9.59 Å². The van der Waals surface area contributed by atoms with Crippen molar-refractivity contribution < 1.29 is 19.1 Å². The van der Waals surface area contributed by atoms with Gasteiger partial charge in [0.15, 0.2) is 6.10 Å². The second kappa shape index (κ2) is 13.5. The lowest BCUT2D eigenvalue weighted by molar-refractivity contribution is -0.132. The van der Waals surface area contributed by atoms with E-state index in [2.05, 4.69) is 21.8 Å². The lowest BCUT2D eigenvalue weighted by atomic mass is 10.0. The summed E-state index contributed by atoms with van der Waals surface area (Å²) in [5.74, 6) is 2.60. The quantitative estimate of drug-likeness (QED) is 0.269. The van der Waals surface area contributed by atoms with Gasteiger partial charge in [0.1, 0.15) is 24.1 Å². The molecule has 0 aliphatic carbocycles. The normalized spacial score (nSPS) is 12.6. The SMILES string of the molecule is C#CCOc1ccc(/C=N\NC(=O)[C@@H](CC(C)C)NC(=O)[C@H](C)Oc2ccc(Cl)cc2Cl)cc1. The van der Waals surface area contributed by atoms with Gasteiger partial charge in [0.05, 0.1) is 11.2 Å². The van der Waals surface area contributed by atoms with Crippen molar-refractivity contribution in [3.05, 3.63) is 58.1 Å². The van der Waals surface area contributed by atoms with Crippen molar-refractivity contribution in [2.24, 2.45) is 11.0 Å². The summed E-state index contributed by atoms with van der Waals surface area (Å²) in [5.41, 5.74) is 3.23. The zero-order valence-electron chi connectivity index (χ0n) is 19.2. The lowest BCUT2D eigenvalue weighted by Gasteiger charge is -2.22. The van der Waals surface area contributed by atoms with E-state index in [1.165, 1.54) is 12.3 Å². The standard InChI is InChI=1S/C25H27Cl2N3O4/c1-5-12-33-20-9-6-18(7-10-20)15-28-30-25(32)22(13-16(2)3)29-24(31)17(4)34-23-11-8-19(26)14-21(23)27/h1,6-11,14-17,22H,12-13H2,2-4H3,(H,29,31)(H,30,32)/b28-15-/t17-,22+/m0/s1. The summed E-state index contributed by atoms with van der Waals surface area (Å²) in [6.45, 7) is 5.66. The van der Waals surface area contributed by atoms with Gasteiger partial charge in [0.25, 0.3) is 11.8 Å². The molecular weight excluding hydrogens is 477 g/mol. The highest BCUT2D eigenvalue weighted by atomic mass is 35.5. The van der Waals surface area contributed by atoms with Crippen molar-refractivity contribution in [2.75, 3.05) is 6.61 Å². The van der Waals surface area contributed by atoms with Crippen LogP contribution >= 0.6 is 23.2 Å². The maximum atomic E-state index is 12.7. The number of terminal acetylenes is 1. The van der Waals surface area contributed by atoms with Gasteiger partial charge in [-0.15, -0.1) is 6.42 Å². The van der Waals surface area contributed by atoms with Crippen LogP contribution < -0.4 is 20.2 Å². The van der Waals surface area contributed by atoms with Crippen molar-refractivity contribution >= 4 is 41.2 Å². The molecule has 34 heavy (non-hydrogen) atoms. The molecule has 0 aliphatic rings. The summed E-state index contributed by atoms with van der Waals surface area (Å²) >= 11 is 12.0. The molecule has 2 atom stereocenters. The van der Waals surface area contributed by atoms with E-state index in [-0.39, 0.29) is 17.5 Å². The highest BCUT2D eigenvalue weighted by molar-refractivity contribution is 6.35. The predicted molar refractivity (Wildman–Crippen MR) is 134 cm³/mol. The van der Waals surface area contributed by atoms with E-state index in [0.717, 1.165) is 5.56 Å². The fourth-order valence-electron chi connectivity index (χ4n) is 2.83. The fraction of sp³-hybridized carbons (Fsp3) is 0.320. The van der Waals surface area contributed by atoms with Crippen LogP contribution in [0.25, 0.3) is 0 Å². The summed E-state index contributed by atoms with van der Waals surface area (Å²) in [5, 5.41) is 7.46. The molecule has 180 valence electrons. The number of amides is 2. The van der Waals surface area contributed by atoms with Gasteiger partial charge in [0.2, 0.25) is 0 Å². The third-order valence-corrected chi connectivity index (χ3v) is 5.03. The van der Waals surface area contributed by atoms with Crippen LogP contribution in [0.5, 0.6) is 11.5 Å². The van der Waals surface area contributed by atoms with Crippen LogP contribution in [0.3, 0.4) is 0 Å². The molecule has 2 rings (SSSR count). The largest absolute Gasteiger partial charge is 0.481 e. The van der Waals surface area contributed by atoms with Gasteiger partial charge in [-0.2, -0.15) is 5.10 Å². The molecule has 0 heterocycles. The Morgan fingerprint density at radius 2 is 1.82 bits per heavy atom. The molecule has 0 unspecified atom stereocenters. The molecular formula is C25H27Cl2N3O4. The number of hydrogen-bond donors (Lipinski definition) is 2. The van der Waals surface area contributed by atoms with Crippen LogP contribution in [-0.4, -0.2) is 36.8 Å². The van der Waals surface area contributed by atoms with Gasteiger partial charge < -0.3 is 14.8 Å². The first-order valence-electron chi connectivity index (χ1n) is 10.6. The number of halogens is 2. The minimum atomic E-state index is -0.889. The zero-order chi connectivity index (χ0) is 25.1. The van der Waals surface area contributed by atoms with Gasteiger partial charge in [-0.3, -0.25) is 9.59 Å². The van der Waals surface area contributed by atoms with Crippen LogP contribution in [0.15, 0.2) is 47.6 Å². The Morgan fingerprint density at radius 3 is 2.44 bits per heavy atom. The minimum absolute atomic E-state index is 0.150. The van der Waals surface area contributed by atoms with Crippen molar-refractivity contribution in [3.63, 3.8) is 0 Å². The van der Waals surface area contributed by atoms with E-state index < -0.39 is 24.0 Å². The zero-order valence-corrected chi connectivity index (χ0v) is 20.7. The first-order valence-corrected chi connectivity index (χ1v) is 11.4. The van der Waals surface area contributed by atoms with Crippen molar-refractivity contribution in [3.8, 4) is 23.8 Å². The minimum Gasteiger partial charge on any atom is -0.481 e. The van der Waals surface area contributed by atoms with Crippen LogP contribution in [0.1, 0.15) is 32.8 Å². The smallest absolute Gasteiger partial charge is 0.262 e. The lowest BCUT2D eigenvalue weighted by Crippen LogP contribution is -2.49. The van der Waals surface area contributed by atoms with Crippen LogP contribution in [-0.2, 0) is 9.59 Å². The van der Waals surface area contributed by atoms with E-state index in [0.29, 0.717) is 22.9 Å². The Bertz CT molecular complexity index is 1050. The first kappa shape index (κ1) is 27.0. The predicted octanol–water partition coefficient (Wildman–Crippen LogP) is 4.45. The molecule has 0 fully saturated rings. The Balaban J connectivity index is 1.96. The summed E-state index contributed by atoms with van der Waals surface area (Å²) in [6, 6.07) is 11.0. The van der Waals surface area contributed by atoms with Crippen molar-refractivity contribution in [1.82, 2.24) is 10.7 Å². The van der Waals surface area contributed by atoms with Crippen LogP contribution in [0.4, 0.5) is 0 Å². The van der Waals surface area contributed by atoms with Crippen molar-refractivity contribution in [2.45, 2.75) is 39.3 Å². The average molecular weight is 504 g/mol. The monoisotopic (exact) mass is 503 g/mol. The van der Waals surface area contributed by atoms with Gasteiger partial charge in [0, 0.05) is 5.02 Å². The molecule has 0 bridgehead atoms. The molecule has 2 N–H and O–H groups in total. The Labute approximate surface area is 209 Å². The third kappa shape index (κ3) is 8.97. The topological polar surface area (TPSA) is 89.0 Å². The molecule has 7 nitrogen and oxygen atoms in total. The summed E-state index contributed by atoms with van der Waals surface area (Å²) in [6.07, 6.45) is 6.19. The maximum Gasteiger partial charge on any atom is 0.262 e. The second-order valence-electron chi connectivity index (χ2n) is 7.82. The molecule has 0 saturated heterocycles. The Hall–Kier alpha value is -3.21. The highest BCUT2D eigenvalue weighted by Gasteiger charge is 2.25. The van der Waals surface area contributed by atoms with Crippen LogP contribution in [0, 0.1) is 18.3 Å². The molecule has 0 saturated carbocycles. The van der Waals surface area contributed by atoms with E-state index in [4.69, 9.17) is 39.1 Å². The van der Waals surface area contributed by atoms with E-state index in [1.54, 1.807) is 43.3 Å². The second-order valence-corrected chi connectivity index (χ2v) is 8.67. The summed E-state index contributed by atoms with van der Waals surface area (Å²) < 4.78 is 10.9. The number of ether oxygens (including phenoxy) is 2. The summed E-state index contributed by atoms with van der Waals surface area (Å²) in [7, 11) is 0.